The van der Waals surface area contributed by atoms with Gasteiger partial charge in [0.05, 0.1) is 5.56 Å². The average Bonchev–Trinajstić information content (AvgIpc) is 2.79. The number of rotatable bonds is 10. The van der Waals surface area contributed by atoms with E-state index in [-0.39, 0.29) is 5.78 Å². The molecule has 3 aromatic rings. The van der Waals surface area contributed by atoms with E-state index in [1.807, 2.05) is 53.3 Å². The average molecular weight is 559 g/mol. The molecule has 4 nitrogen and oxygen atoms in total. The van der Waals surface area contributed by atoms with Gasteiger partial charge in [-0.15, -0.1) is 0 Å². The van der Waals surface area contributed by atoms with Crippen molar-refractivity contribution >= 4 is 46.3 Å². The summed E-state index contributed by atoms with van der Waals surface area (Å²) >= 11 is 3.52. The van der Waals surface area contributed by atoms with Crippen molar-refractivity contribution < 1.29 is 12.6 Å². The number of hydrogen-bond acceptors (Lipinski definition) is 5. The zero-order valence-corrected chi connectivity index (χ0v) is 21.4. The Kier molecular flexibility index (Phi) is 8.75. The highest BCUT2D eigenvalue weighted by Crippen LogP contribution is 2.36. The number of Topliss-reactive ketones (excluding diaryl/α,β-unsaturated/α-hetero) is 1. The number of ketones is 1. The van der Waals surface area contributed by atoms with Gasteiger partial charge in [0.1, 0.15) is 12.4 Å². The summed E-state index contributed by atoms with van der Waals surface area (Å²) in [5.41, 5.74) is 4.10. The molecule has 166 valence electrons. The molecule has 3 aromatic carbocycles. The van der Waals surface area contributed by atoms with Crippen LogP contribution in [0.25, 0.3) is 0 Å². The molecule has 0 unspecified atom stereocenters. The van der Waals surface area contributed by atoms with E-state index in [0.29, 0.717) is 23.6 Å². The van der Waals surface area contributed by atoms with Gasteiger partial charge in [-0.25, -0.2) is 0 Å². The molecule has 0 heterocycles. The highest BCUT2D eigenvalue weighted by Gasteiger charge is 2.18. The zero-order valence-electron chi connectivity index (χ0n) is 18.4. The summed E-state index contributed by atoms with van der Waals surface area (Å²) in [5, 5.41) is 7.70. The summed E-state index contributed by atoms with van der Waals surface area (Å²) in [5.74, 6) is 1.34. The van der Waals surface area contributed by atoms with Gasteiger partial charge in [-0.3, -0.25) is 4.79 Å². The van der Waals surface area contributed by atoms with E-state index in [1.54, 1.807) is 31.7 Å². The maximum atomic E-state index is 11.9. The van der Waals surface area contributed by atoms with Gasteiger partial charge in [0.2, 0.25) is 0 Å². The number of carbonyl (C=O) groups excluding carboxylic acids is 1. The molecular weight excluding hydrogens is 533 g/mol. The smallest absolute Gasteiger partial charge is 0.192 e. The summed E-state index contributed by atoms with van der Waals surface area (Å²) in [6.07, 6.45) is 1.71. The number of halogens is 1. The van der Waals surface area contributed by atoms with E-state index in [0.717, 1.165) is 45.1 Å². The molecule has 0 saturated heterocycles. The number of benzene rings is 3. The van der Waals surface area contributed by atoms with Gasteiger partial charge in [-0.2, -0.15) is 0 Å². The van der Waals surface area contributed by atoms with Crippen LogP contribution < -0.4 is 7.80 Å². The van der Waals surface area contributed by atoms with E-state index in [9.17, 15) is 4.79 Å². The van der Waals surface area contributed by atoms with Crippen molar-refractivity contribution in [3.05, 3.63) is 82.9 Å². The maximum Gasteiger partial charge on any atom is 0.192 e. The van der Waals surface area contributed by atoms with Gasteiger partial charge >= 0.3 is 0 Å². The standard InChI is InChI=1S/C26H26INO3S/c1-4-5-24-25(15-14-23(18(3)29)26(24)31-27)30-16-19-6-10-21(11-7-19)32-22-12-8-20(9-13-22)17(2)28/h6-15,28H,4-5,16H2,1-3H3. The maximum absolute atomic E-state index is 11.9. The van der Waals surface area contributed by atoms with Crippen LogP contribution in [0.5, 0.6) is 11.5 Å². The monoisotopic (exact) mass is 559 g/mol. The summed E-state index contributed by atoms with van der Waals surface area (Å²) in [4.78, 5) is 14.2. The Morgan fingerprint density at radius 2 is 1.59 bits per heavy atom. The predicted molar refractivity (Wildman–Crippen MR) is 139 cm³/mol. The Balaban J connectivity index is 1.69. The molecule has 0 fully saturated rings. The lowest BCUT2D eigenvalue weighted by atomic mass is 10.0. The quantitative estimate of drug-likeness (QED) is 0.157. The molecule has 3 rings (SSSR count). The second-order valence-electron chi connectivity index (χ2n) is 7.49. The van der Waals surface area contributed by atoms with Crippen LogP contribution in [0.3, 0.4) is 0 Å². The highest BCUT2D eigenvalue weighted by atomic mass is 127. The Bertz CT molecular complexity index is 1100. The van der Waals surface area contributed by atoms with Crippen molar-refractivity contribution in [1.29, 1.82) is 5.41 Å². The van der Waals surface area contributed by atoms with Gasteiger partial charge in [-0.05, 0) is 67.8 Å². The summed E-state index contributed by atoms with van der Waals surface area (Å²) in [6, 6.07) is 20.0. The molecule has 0 radical (unpaired) electrons. The van der Waals surface area contributed by atoms with Crippen LogP contribution in [0.15, 0.2) is 70.5 Å². The Labute approximate surface area is 207 Å². The summed E-state index contributed by atoms with van der Waals surface area (Å²) in [7, 11) is 0. The molecule has 0 aliphatic carbocycles. The van der Waals surface area contributed by atoms with Crippen molar-refractivity contribution in [2.24, 2.45) is 0 Å². The Hall–Kier alpha value is -2.32. The van der Waals surface area contributed by atoms with E-state index >= 15 is 0 Å². The molecule has 0 saturated carbocycles. The molecule has 0 atom stereocenters. The second-order valence-corrected chi connectivity index (χ2v) is 9.07. The minimum atomic E-state index is -0.0174. The third kappa shape index (κ3) is 6.13. The minimum Gasteiger partial charge on any atom is -0.488 e. The molecule has 0 aromatic heterocycles. The Morgan fingerprint density at radius 1 is 0.969 bits per heavy atom. The molecule has 1 N–H and O–H groups in total. The first kappa shape index (κ1) is 24.3. The van der Waals surface area contributed by atoms with Crippen LogP contribution >= 0.6 is 34.8 Å². The van der Waals surface area contributed by atoms with Crippen molar-refractivity contribution in [3.8, 4) is 11.5 Å². The molecule has 0 amide bonds. The van der Waals surface area contributed by atoms with E-state index in [2.05, 4.69) is 31.2 Å². The van der Waals surface area contributed by atoms with Crippen LogP contribution in [0.4, 0.5) is 0 Å². The molecule has 6 heteroatoms. The van der Waals surface area contributed by atoms with Crippen molar-refractivity contribution in [2.45, 2.75) is 50.0 Å². The number of carbonyl (C=O) groups is 1. The van der Waals surface area contributed by atoms with Crippen molar-refractivity contribution in [2.75, 3.05) is 0 Å². The van der Waals surface area contributed by atoms with E-state index in [4.69, 9.17) is 13.2 Å². The topological polar surface area (TPSA) is 59.4 Å². The van der Waals surface area contributed by atoms with Crippen molar-refractivity contribution in [1.82, 2.24) is 0 Å². The fourth-order valence-electron chi connectivity index (χ4n) is 3.32. The number of hydrogen-bond donors (Lipinski definition) is 1. The lowest BCUT2D eigenvalue weighted by molar-refractivity contribution is 0.101. The fourth-order valence-corrected chi connectivity index (χ4v) is 4.64. The first-order valence-electron chi connectivity index (χ1n) is 10.4. The van der Waals surface area contributed by atoms with Gasteiger partial charge in [-0.1, -0.05) is 49.4 Å². The number of nitrogens with one attached hydrogen (secondary N) is 1. The minimum absolute atomic E-state index is 0.0174. The first-order chi connectivity index (χ1) is 15.4. The van der Waals surface area contributed by atoms with Crippen LogP contribution in [0.2, 0.25) is 0 Å². The summed E-state index contributed by atoms with van der Waals surface area (Å²) < 4.78 is 11.7. The largest absolute Gasteiger partial charge is 0.488 e. The molecule has 0 spiro atoms. The van der Waals surface area contributed by atoms with E-state index in [1.165, 1.54) is 0 Å². The van der Waals surface area contributed by atoms with Crippen LogP contribution in [0, 0.1) is 5.41 Å². The third-order valence-electron chi connectivity index (χ3n) is 5.01. The van der Waals surface area contributed by atoms with Crippen molar-refractivity contribution in [3.63, 3.8) is 0 Å². The highest BCUT2D eigenvalue weighted by molar-refractivity contribution is 14.1. The molecule has 0 bridgehead atoms. The van der Waals surface area contributed by atoms with Gasteiger partial charge in [0.15, 0.2) is 34.5 Å². The SMILES string of the molecule is CCCc1c(OCc2ccc(Sc3ccc(C(C)=N)cc3)cc2)ccc(C(C)=O)c1OI. The third-order valence-corrected chi connectivity index (χ3v) is 6.47. The second kappa shape index (κ2) is 11.5. The number of ether oxygens (including phenoxy) is 1. The van der Waals surface area contributed by atoms with Gasteiger partial charge < -0.3 is 13.2 Å². The first-order valence-corrected chi connectivity index (χ1v) is 12.1. The van der Waals surface area contributed by atoms with Crippen LogP contribution in [-0.4, -0.2) is 11.5 Å². The van der Waals surface area contributed by atoms with Gasteiger partial charge in [0.25, 0.3) is 0 Å². The van der Waals surface area contributed by atoms with E-state index < -0.39 is 0 Å². The fraction of sp³-hybridized carbons (Fsp3) is 0.231. The molecule has 32 heavy (non-hydrogen) atoms. The zero-order chi connectivity index (χ0) is 23.1. The lowest BCUT2D eigenvalue weighted by Gasteiger charge is -2.16. The molecule has 0 aliphatic rings. The Morgan fingerprint density at radius 3 is 2.12 bits per heavy atom. The molecular formula is C26H26INO3S. The lowest BCUT2D eigenvalue weighted by Crippen LogP contribution is -2.04. The van der Waals surface area contributed by atoms with Gasteiger partial charge in [0, 0.05) is 21.1 Å². The predicted octanol–water partition coefficient (Wildman–Crippen LogP) is 7.69. The normalized spacial score (nSPS) is 10.6. The molecule has 0 aliphatic heterocycles. The van der Waals surface area contributed by atoms with Crippen LogP contribution in [0.1, 0.15) is 54.2 Å². The summed E-state index contributed by atoms with van der Waals surface area (Å²) in [6.45, 7) is 5.88. The van der Waals surface area contributed by atoms with Crippen LogP contribution in [-0.2, 0) is 13.0 Å².